The summed E-state index contributed by atoms with van der Waals surface area (Å²) in [5.41, 5.74) is 9.44. The molecule has 110 valence electrons. The Balaban J connectivity index is 0. The summed E-state index contributed by atoms with van der Waals surface area (Å²) in [6, 6.07) is -3.28. The third-order valence-corrected chi connectivity index (χ3v) is 1.55. The van der Waals surface area contributed by atoms with Crippen molar-refractivity contribution in [1.82, 2.24) is 0 Å². The van der Waals surface area contributed by atoms with Crippen LogP contribution in [0.25, 0.3) is 0 Å². The Hall–Kier alpha value is -2.27. The van der Waals surface area contributed by atoms with E-state index in [-0.39, 0.29) is 0 Å². The van der Waals surface area contributed by atoms with Gasteiger partial charge < -0.3 is 31.9 Å². The molecule has 0 aliphatic heterocycles. The summed E-state index contributed by atoms with van der Waals surface area (Å²) in [4.78, 5) is 39.2. The van der Waals surface area contributed by atoms with Crippen LogP contribution in [-0.4, -0.2) is 62.6 Å². The van der Waals surface area contributed by atoms with Crippen molar-refractivity contribution in [3.63, 3.8) is 0 Å². The zero-order valence-electron chi connectivity index (χ0n) is 9.39. The number of hydrogen-bond acceptors (Lipinski definition) is 6. The second-order valence-corrected chi connectivity index (χ2v) is 3.15. The zero-order chi connectivity index (χ0) is 15.7. The Labute approximate surface area is 105 Å². The van der Waals surface area contributed by atoms with Gasteiger partial charge in [0.25, 0.3) is 0 Å². The Morgan fingerprint density at radius 3 is 1.42 bits per heavy atom. The van der Waals surface area contributed by atoms with Gasteiger partial charge in [-0.2, -0.15) is 0 Å². The summed E-state index contributed by atoms with van der Waals surface area (Å²) in [7, 11) is 0. The van der Waals surface area contributed by atoms with E-state index in [9.17, 15) is 23.6 Å². The topological polar surface area (TPSA) is 201 Å². The standard InChI is InChI=1S/C4H6FNO4.C4H7NO4/c5-1(3(7)8)2(6)4(9)10;5-2(4(8)9)1-3(6)7/h1-2H,6H2,(H,7,8)(H,9,10);2H,1,5H2,(H,6,7)(H,8,9)/t;2-/m.0/s1. The van der Waals surface area contributed by atoms with Crippen molar-refractivity contribution in [2.24, 2.45) is 11.5 Å². The van der Waals surface area contributed by atoms with Crippen molar-refractivity contribution in [2.75, 3.05) is 0 Å². The second kappa shape index (κ2) is 8.77. The highest BCUT2D eigenvalue weighted by Gasteiger charge is 2.29. The van der Waals surface area contributed by atoms with Crippen molar-refractivity contribution in [3.05, 3.63) is 0 Å². The highest BCUT2D eigenvalue weighted by Crippen LogP contribution is 1.96. The maximum absolute atomic E-state index is 12.1. The van der Waals surface area contributed by atoms with Gasteiger partial charge in [0.2, 0.25) is 6.17 Å². The predicted molar refractivity (Wildman–Crippen MR) is 56.0 cm³/mol. The van der Waals surface area contributed by atoms with Gasteiger partial charge in [0.05, 0.1) is 6.42 Å². The van der Waals surface area contributed by atoms with E-state index in [0.717, 1.165) is 0 Å². The van der Waals surface area contributed by atoms with Gasteiger partial charge in [0.1, 0.15) is 12.1 Å². The molecule has 0 aromatic heterocycles. The highest BCUT2D eigenvalue weighted by molar-refractivity contribution is 5.84. The normalized spacial score (nSPS) is 14.3. The minimum atomic E-state index is -2.54. The SMILES string of the molecule is NC(C(=O)O)C(F)C(=O)O.N[C@@H](CC(=O)O)C(=O)O. The van der Waals surface area contributed by atoms with Crippen LogP contribution < -0.4 is 11.5 Å². The average molecular weight is 284 g/mol. The average Bonchev–Trinajstić information content (AvgIpc) is 2.26. The summed E-state index contributed by atoms with van der Waals surface area (Å²) in [5.74, 6) is -6.04. The van der Waals surface area contributed by atoms with Crippen LogP contribution in [0.1, 0.15) is 6.42 Å². The molecule has 19 heavy (non-hydrogen) atoms. The lowest BCUT2D eigenvalue weighted by Crippen LogP contribution is -2.43. The van der Waals surface area contributed by atoms with E-state index in [1.807, 2.05) is 0 Å². The van der Waals surface area contributed by atoms with E-state index in [0.29, 0.717) is 0 Å². The molecule has 0 amide bonds. The molecule has 0 bridgehead atoms. The fourth-order valence-electron chi connectivity index (χ4n) is 0.554. The van der Waals surface area contributed by atoms with Gasteiger partial charge >= 0.3 is 23.9 Å². The van der Waals surface area contributed by atoms with Crippen LogP contribution in [0.2, 0.25) is 0 Å². The molecular formula is C8H13FN2O8. The maximum Gasteiger partial charge on any atom is 0.340 e. The molecule has 0 heterocycles. The monoisotopic (exact) mass is 284 g/mol. The van der Waals surface area contributed by atoms with Crippen molar-refractivity contribution < 1.29 is 44.0 Å². The summed E-state index contributed by atoms with van der Waals surface area (Å²) in [6.07, 6.45) is -3.08. The Bertz CT molecular complexity index is 343. The fraction of sp³-hybridized carbons (Fsp3) is 0.500. The number of hydrogen-bond donors (Lipinski definition) is 6. The lowest BCUT2D eigenvalue weighted by Gasteiger charge is -2.05. The van der Waals surface area contributed by atoms with Gasteiger partial charge in [-0.05, 0) is 0 Å². The predicted octanol–water partition coefficient (Wildman–Crippen LogP) is -2.31. The van der Waals surface area contributed by atoms with Gasteiger partial charge in [-0.3, -0.25) is 14.4 Å². The first kappa shape index (κ1) is 19.1. The molecule has 2 unspecified atom stereocenters. The van der Waals surface area contributed by atoms with Crippen molar-refractivity contribution >= 4 is 23.9 Å². The molecule has 0 saturated heterocycles. The number of carbonyl (C=O) groups is 4. The number of nitrogens with two attached hydrogens (primary N) is 2. The molecule has 0 radical (unpaired) electrons. The third-order valence-electron chi connectivity index (χ3n) is 1.55. The number of carboxylic acids is 4. The number of alkyl halides is 1. The zero-order valence-corrected chi connectivity index (χ0v) is 9.39. The molecule has 0 saturated carbocycles. The van der Waals surface area contributed by atoms with Crippen LogP contribution in [0.5, 0.6) is 0 Å². The molecule has 0 aliphatic rings. The van der Waals surface area contributed by atoms with Crippen LogP contribution in [0.3, 0.4) is 0 Å². The van der Waals surface area contributed by atoms with Crippen molar-refractivity contribution in [3.8, 4) is 0 Å². The van der Waals surface area contributed by atoms with E-state index in [1.54, 1.807) is 0 Å². The first-order valence-electron chi connectivity index (χ1n) is 4.56. The fourth-order valence-corrected chi connectivity index (χ4v) is 0.554. The van der Waals surface area contributed by atoms with Crippen LogP contribution in [-0.2, 0) is 19.2 Å². The first-order valence-corrected chi connectivity index (χ1v) is 4.56. The largest absolute Gasteiger partial charge is 0.481 e. The van der Waals surface area contributed by atoms with E-state index < -0.39 is 48.6 Å². The summed E-state index contributed by atoms with van der Waals surface area (Å²) in [6.45, 7) is 0. The minimum absolute atomic E-state index is 0.532. The van der Waals surface area contributed by atoms with Crippen LogP contribution in [0.4, 0.5) is 4.39 Å². The smallest absolute Gasteiger partial charge is 0.340 e. The Kier molecular flexibility index (Phi) is 8.80. The summed E-state index contributed by atoms with van der Waals surface area (Å²) >= 11 is 0. The van der Waals surface area contributed by atoms with Crippen LogP contribution >= 0.6 is 0 Å². The molecule has 0 aliphatic carbocycles. The van der Waals surface area contributed by atoms with Crippen LogP contribution in [0.15, 0.2) is 0 Å². The van der Waals surface area contributed by atoms with Crippen molar-refractivity contribution in [2.45, 2.75) is 24.7 Å². The molecule has 10 nitrogen and oxygen atoms in total. The van der Waals surface area contributed by atoms with Gasteiger partial charge in [0.15, 0.2) is 0 Å². The Morgan fingerprint density at radius 2 is 1.32 bits per heavy atom. The Morgan fingerprint density at radius 1 is 0.895 bits per heavy atom. The third kappa shape index (κ3) is 9.43. The quantitative estimate of drug-likeness (QED) is 0.307. The van der Waals surface area contributed by atoms with Crippen LogP contribution in [0, 0.1) is 0 Å². The van der Waals surface area contributed by atoms with E-state index in [1.165, 1.54) is 0 Å². The van der Waals surface area contributed by atoms with E-state index >= 15 is 0 Å². The maximum atomic E-state index is 12.1. The molecule has 3 atom stereocenters. The van der Waals surface area contributed by atoms with Crippen molar-refractivity contribution in [1.29, 1.82) is 0 Å². The lowest BCUT2D eigenvalue weighted by atomic mass is 10.2. The molecule has 0 aromatic rings. The molecule has 11 heteroatoms. The molecule has 8 N–H and O–H groups in total. The minimum Gasteiger partial charge on any atom is -0.481 e. The van der Waals surface area contributed by atoms with Gasteiger partial charge in [-0.15, -0.1) is 0 Å². The van der Waals surface area contributed by atoms with Gasteiger partial charge in [-0.1, -0.05) is 0 Å². The molecule has 0 aromatic carbocycles. The number of carboxylic acid groups (broad SMARTS) is 4. The molecule has 0 fully saturated rings. The van der Waals surface area contributed by atoms with E-state index in [2.05, 4.69) is 5.73 Å². The summed E-state index contributed by atoms with van der Waals surface area (Å²) in [5, 5.41) is 31.9. The second-order valence-electron chi connectivity index (χ2n) is 3.15. The lowest BCUT2D eigenvalue weighted by molar-refractivity contribution is -0.150. The molecular weight excluding hydrogens is 271 g/mol. The number of halogens is 1. The highest BCUT2D eigenvalue weighted by atomic mass is 19.1. The van der Waals surface area contributed by atoms with E-state index in [4.69, 9.17) is 26.2 Å². The molecule has 0 rings (SSSR count). The van der Waals surface area contributed by atoms with Gasteiger partial charge in [0, 0.05) is 0 Å². The number of rotatable bonds is 6. The first-order chi connectivity index (χ1) is 8.50. The summed E-state index contributed by atoms with van der Waals surface area (Å²) < 4.78 is 12.1. The number of aliphatic carboxylic acids is 4. The molecule has 0 spiro atoms. The van der Waals surface area contributed by atoms with Gasteiger partial charge in [-0.25, -0.2) is 9.18 Å².